The summed E-state index contributed by atoms with van der Waals surface area (Å²) in [6, 6.07) is 14.8. The molecule has 0 saturated carbocycles. The lowest BCUT2D eigenvalue weighted by atomic mass is 10.2. The van der Waals surface area contributed by atoms with Crippen molar-refractivity contribution in [2.75, 3.05) is 17.6 Å². The second-order valence-electron chi connectivity index (χ2n) is 8.90. The van der Waals surface area contributed by atoms with Crippen LogP contribution in [0.15, 0.2) is 78.5 Å². The molecular formula is C26H28N7O2S+. The smallest absolute Gasteiger partial charge is 0.322 e. The Bertz CT molecular complexity index is 1370. The molecule has 5 rings (SSSR count). The molecule has 0 radical (unpaired) electrons. The molecule has 1 aliphatic rings. The van der Waals surface area contributed by atoms with E-state index < -0.39 is 0 Å². The molecule has 184 valence electrons. The Balaban J connectivity index is 1.36. The maximum atomic E-state index is 13.8. The maximum Gasteiger partial charge on any atom is 0.428 e. The van der Waals surface area contributed by atoms with Gasteiger partial charge in [-0.3, -0.25) is 10.3 Å². The molecule has 4 aromatic rings. The highest BCUT2D eigenvalue weighted by molar-refractivity contribution is 7.99. The summed E-state index contributed by atoms with van der Waals surface area (Å²) < 4.78 is 3.58. The first kappa shape index (κ1) is 24.0. The van der Waals surface area contributed by atoms with Gasteiger partial charge in [-0.25, -0.2) is 9.59 Å². The monoisotopic (exact) mass is 502 g/mol. The maximum absolute atomic E-state index is 13.8. The largest absolute Gasteiger partial charge is 0.428 e. The van der Waals surface area contributed by atoms with E-state index in [1.54, 1.807) is 12.4 Å². The first-order valence-corrected chi connectivity index (χ1v) is 12.9. The number of imide groups is 1. The number of quaternary nitrogens is 1. The number of hydrogen-bond acceptors (Lipinski definition) is 6. The molecule has 2 atom stereocenters. The summed E-state index contributed by atoms with van der Waals surface area (Å²) >= 11 is 1.31. The summed E-state index contributed by atoms with van der Waals surface area (Å²) in [6.07, 6.45) is 8.90. The Morgan fingerprint density at radius 2 is 1.83 bits per heavy atom. The summed E-state index contributed by atoms with van der Waals surface area (Å²) in [4.78, 5) is 31.5. The number of para-hydroxylation sites is 2. The number of thioether (sulfide) groups is 1. The first-order chi connectivity index (χ1) is 17.5. The highest BCUT2D eigenvalue weighted by Gasteiger charge is 2.52. The highest BCUT2D eigenvalue weighted by Crippen LogP contribution is 2.32. The van der Waals surface area contributed by atoms with Crippen LogP contribution in [0.3, 0.4) is 0 Å². The fourth-order valence-electron chi connectivity index (χ4n) is 4.81. The van der Waals surface area contributed by atoms with Crippen molar-refractivity contribution in [2.45, 2.75) is 31.0 Å². The predicted molar refractivity (Wildman–Crippen MR) is 139 cm³/mol. The van der Waals surface area contributed by atoms with Crippen LogP contribution in [0.2, 0.25) is 0 Å². The van der Waals surface area contributed by atoms with Crippen LogP contribution in [0.5, 0.6) is 0 Å². The molecule has 1 saturated heterocycles. The van der Waals surface area contributed by atoms with Crippen molar-refractivity contribution in [3.8, 4) is 17.1 Å². The van der Waals surface area contributed by atoms with E-state index in [2.05, 4.69) is 20.5 Å². The van der Waals surface area contributed by atoms with Crippen LogP contribution in [0, 0.1) is 0 Å². The Morgan fingerprint density at radius 3 is 2.56 bits per heavy atom. The quantitative estimate of drug-likeness (QED) is 0.308. The molecule has 1 fully saturated rings. The zero-order valence-electron chi connectivity index (χ0n) is 20.2. The number of nitrogens with zero attached hydrogens (tertiary/aromatic N) is 6. The number of anilines is 1. The highest BCUT2D eigenvalue weighted by atomic mass is 32.2. The lowest BCUT2D eigenvalue weighted by Crippen LogP contribution is -2.61. The third kappa shape index (κ3) is 4.33. The van der Waals surface area contributed by atoms with Gasteiger partial charge in [0, 0.05) is 50.2 Å². The molecule has 10 heteroatoms. The van der Waals surface area contributed by atoms with Crippen molar-refractivity contribution < 1.29 is 14.1 Å². The Hall–Kier alpha value is -3.76. The number of amides is 3. The third-order valence-electron chi connectivity index (χ3n) is 6.82. The normalized spacial score (nSPS) is 19.3. The van der Waals surface area contributed by atoms with Gasteiger partial charge >= 0.3 is 11.9 Å². The van der Waals surface area contributed by atoms with Gasteiger partial charge < -0.3 is 9.13 Å². The van der Waals surface area contributed by atoms with E-state index in [1.165, 1.54) is 11.8 Å². The van der Waals surface area contributed by atoms with Gasteiger partial charge in [-0.1, -0.05) is 23.9 Å². The number of carbonyl (C=O) groups excluding carboxylic acids is 2. The Morgan fingerprint density at radius 1 is 1.08 bits per heavy atom. The fourth-order valence-corrected chi connectivity index (χ4v) is 5.67. The number of hydrogen-bond donors (Lipinski definition) is 1. The minimum atomic E-state index is -0.291. The molecule has 0 aliphatic carbocycles. The number of nitrogens with one attached hydrogen (secondary N) is 1. The lowest BCUT2D eigenvalue weighted by molar-refractivity contribution is -0.781. The van der Waals surface area contributed by atoms with Crippen LogP contribution in [0.1, 0.15) is 19.8 Å². The predicted octanol–water partition coefficient (Wildman–Crippen LogP) is 4.52. The summed E-state index contributed by atoms with van der Waals surface area (Å²) in [5.74, 6) is 0.693. The summed E-state index contributed by atoms with van der Waals surface area (Å²) in [7, 11) is 1.87. The van der Waals surface area contributed by atoms with Gasteiger partial charge in [0.15, 0.2) is 11.0 Å². The lowest BCUT2D eigenvalue weighted by Gasteiger charge is -2.33. The molecule has 9 nitrogen and oxygen atoms in total. The van der Waals surface area contributed by atoms with E-state index in [1.807, 2.05) is 84.0 Å². The molecule has 1 aromatic carbocycles. The van der Waals surface area contributed by atoms with Crippen LogP contribution in [-0.2, 0) is 11.8 Å². The average Bonchev–Trinajstić information content (AvgIpc) is 3.64. The molecule has 0 bridgehead atoms. The van der Waals surface area contributed by atoms with Crippen LogP contribution in [0.4, 0.5) is 10.5 Å². The van der Waals surface area contributed by atoms with Crippen molar-refractivity contribution in [3.05, 3.63) is 73.3 Å². The van der Waals surface area contributed by atoms with E-state index in [0.29, 0.717) is 23.2 Å². The van der Waals surface area contributed by atoms with E-state index in [-0.39, 0.29) is 28.2 Å². The van der Waals surface area contributed by atoms with E-state index in [0.717, 1.165) is 24.1 Å². The number of benzene rings is 1. The summed E-state index contributed by atoms with van der Waals surface area (Å²) in [5, 5.41) is 12.3. The van der Waals surface area contributed by atoms with Gasteiger partial charge in [0.25, 0.3) is 0 Å². The molecule has 0 spiro atoms. The number of rotatable bonds is 6. The molecule has 36 heavy (non-hydrogen) atoms. The number of urea groups is 1. The Labute approximate surface area is 213 Å². The van der Waals surface area contributed by atoms with Crippen LogP contribution >= 0.6 is 11.8 Å². The SMILES string of the molecule is C[C@@H]1CCC[N+]1(C(=O)CSc1nnc(-c2ccncc2)n1C)C(=O)Nc1ccccc1-n1cccc1. The van der Waals surface area contributed by atoms with Crippen LogP contribution in [0.25, 0.3) is 17.1 Å². The van der Waals surface area contributed by atoms with E-state index in [9.17, 15) is 9.59 Å². The number of likely N-dealkylation sites (tertiary alicyclic amines) is 1. The van der Waals surface area contributed by atoms with Gasteiger partial charge in [-0.15, -0.1) is 10.2 Å². The van der Waals surface area contributed by atoms with Crippen molar-refractivity contribution in [1.82, 2.24) is 24.3 Å². The molecular weight excluding hydrogens is 474 g/mol. The zero-order valence-corrected chi connectivity index (χ0v) is 21.1. The molecule has 1 N–H and O–H groups in total. The van der Waals surface area contributed by atoms with Crippen LogP contribution in [-0.4, -0.2) is 59.1 Å². The molecule has 1 unspecified atom stereocenters. The van der Waals surface area contributed by atoms with Gasteiger partial charge in [-0.05, 0) is 43.3 Å². The summed E-state index contributed by atoms with van der Waals surface area (Å²) in [6.45, 7) is 2.47. The van der Waals surface area contributed by atoms with Crippen molar-refractivity contribution in [1.29, 1.82) is 0 Å². The minimum Gasteiger partial charge on any atom is -0.322 e. The molecule has 3 aromatic heterocycles. The second-order valence-corrected chi connectivity index (χ2v) is 9.85. The standard InChI is InChI=1S/C26H27N7O2S/c1-19-8-7-17-33(19,26(35)28-21-9-3-4-10-22(21)32-15-5-6-16-32)23(34)18-36-25-30-29-24(31(25)2)20-11-13-27-14-12-20/h3-6,9-16,19H,7-8,17-18H2,1-2H3/p+1/t19-,33?/m1/s1. The third-order valence-corrected chi connectivity index (χ3v) is 7.82. The van der Waals surface area contributed by atoms with E-state index >= 15 is 0 Å². The average molecular weight is 503 g/mol. The zero-order chi connectivity index (χ0) is 25.1. The molecule has 1 aliphatic heterocycles. The minimum absolute atomic E-state index is 0.108. The topological polar surface area (TPSA) is 94.7 Å². The van der Waals surface area contributed by atoms with Crippen molar-refractivity contribution in [2.24, 2.45) is 7.05 Å². The fraction of sp³-hybridized carbons (Fsp3) is 0.269. The first-order valence-electron chi connectivity index (χ1n) is 11.9. The van der Waals surface area contributed by atoms with Crippen LogP contribution < -0.4 is 5.32 Å². The van der Waals surface area contributed by atoms with Gasteiger partial charge in [0.1, 0.15) is 11.8 Å². The summed E-state index contributed by atoms with van der Waals surface area (Å²) in [5.41, 5.74) is 2.42. The molecule has 4 heterocycles. The number of pyridine rings is 1. The number of carbonyl (C=O) groups is 2. The van der Waals surface area contributed by atoms with Gasteiger partial charge in [0.2, 0.25) is 0 Å². The van der Waals surface area contributed by atoms with Gasteiger partial charge in [-0.2, -0.15) is 4.48 Å². The van der Waals surface area contributed by atoms with Crippen molar-refractivity contribution >= 4 is 29.4 Å². The molecule has 3 amide bonds. The van der Waals surface area contributed by atoms with Crippen molar-refractivity contribution in [3.63, 3.8) is 0 Å². The number of aromatic nitrogens is 5. The van der Waals surface area contributed by atoms with Gasteiger partial charge in [0.05, 0.1) is 17.9 Å². The van der Waals surface area contributed by atoms with E-state index in [4.69, 9.17) is 0 Å². The Kier molecular flexibility index (Phi) is 6.71. The second kappa shape index (κ2) is 10.1.